The normalized spacial score (nSPS) is 20.4. The Bertz CT molecular complexity index is 354. The molecule has 4 heteroatoms. The number of methoxy groups -OCH3 is 1. The SMILES string of the molecule is COc1ccc(Br)c2c1C(O)CSC2. The fourth-order valence-electron chi connectivity index (χ4n) is 1.66. The molecule has 1 aromatic rings. The average molecular weight is 275 g/mol. The van der Waals surface area contributed by atoms with Crippen molar-refractivity contribution in [1.29, 1.82) is 0 Å². The molecule has 1 aliphatic rings. The highest BCUT2D eigenvalue weighted by Gasteiger charge is 2.24. The van der Waals surface area contributed by atoms with E-state index in [1.54, 1.807) is 18.9 Å². The molecule has 1 unspecified atom stereocenters. The molecule has 2 nitrogen and oxygen atoms in total. The first-order valence-electron chi connectivity index (χ1n) is 4.35. The number of halogens is 1. The molecule has 0 radical (unpaired) electrons. The van der Waals surface area contributed by atoms with Crippen LogP contribution in [-0.2, 0) is 5.75 Å². The van der Waals surface area contributed by atoms with Gasteiger partial charge in [-0.1, -0.05) is 15.9 Å². The van der Waals surface area contributed by atoms with E-state index >= 15 is 0 Å². The van der Waals surface area contributed by atoms with Gasteiger partial charge in [0.15, 0.2) is 0 Å². The Hall–Kier alpha value is -0.190. The van der Waals surface area contributed by atoms with Crippen LogP contribution in [0.5, 0.6) is 5.75 Å². The number of fused-ring (bicyclic) bond motifs is 1. The van der Waals surface area contributed by atoms with E-state index in [2.05, 4.69) is 15.9 Å². The highest BCUT2D eigenvalue weighted by atomic mass is 79.9. The molecule has 0 saturated carbocycles. The Balaban J connectivity index is 2.58. The third-order valence-corrected chi connectivity index (χ3v) is 4.12. The fraction of sp³-hybridized carbons (Fsp3) is 0.400. The van der Waals surface area contributed by atoms with Crippen LogP contribution in [-0.4, -0.2) is 18.0 Å². The monoisotopic (exact) mass is 274 g/mol. The number of benzene rings is 1. The zero-order chi connectivity index (χ0) is 10.1. The average Bonchev–Trinajstić information content (AvgIpc) is 2.20. The molecule has 0 bridgehead atoms. The van der Waals surface area contributed by atoms with E-state index in [1.165, 1.54) is 0 Å². The van der Waals surface area contributed by atoms with Gasteiger partial charge in [0.2, 0.25) is 0 Å². The second-order valence-corrected chi connectivity index (χ2v) is 5.06. The second-order valence-electron chi connectivity index (χ2n) is 3.17. The van der Waals surface area contributed by atoms with Gasteiger partial charge in [-0.2, -0.15) is 11.8 Å². The summed E-state index contributed by atoms with van der Waals surface area (Å²) in [6.45, 7) is 0. The standard InChI is InChI=1S/C10H11BrO2S/c1-13-9-3-2-7(11)6-4-14-5-8(12)10(6)9/h2-3,8,12H,4-5H2,1H3. The van der Waals surface area contributed by atoms with Crippen LogP contribution in [0.4, 0.5) is 0 Å². The summed E-state index contributed by atoms with van der Waals surface area (Å²) < 4.78 is 6.30. The van der Waals surface area contributed by atoms with E-state index in [9.17, 15) is 5.11 Å². The zero-order valence-electron chi connectivity index (χ0n) is 7.79. The van der Waals surface area contributed by atoms with Crippen LogP contribution in [0.1, 0.15) is 17.2 Å². The summed E-state index contributed by atoms with van der Waals surface area (Å²) in [6, 6.07) is 3.86. The van der Waals surface area contributed by atoms with Crippen molar-refractivity contribution in [1.82, 2.24) is 0 Å². The Morgan fingerprint density at radius 2 is 2.36 bits per heavy atom. The molecule has 2 rings (SSSR count). The molecule has 0 spiro atoms. The molecule has 1 N–H and O–H groups in total. The Kier molecular flexibility index (Phi) is 3.04. The lowest BCUT2D eigenvalue weighted by Crippen LogP contribution is -2.12. The minimum atomic E-state index is -0.406. The topological polar surface area (TPSA) is 29.5 Å². The molecular formula is C10H11BrO2S. The quantitative estimate of drug-likeness (QED) is 0.854. The summed E-state index contributed by atoms with van der Waals surface area (Å²) in [6.07, 6.45) is -0.406. The lowest BCUT2D eigenvalue weighted by Gasteiger charge is -2.24. The first-order valence-corrected chi connectivity index (χ1v) is 6.30. The third-order valence-electron chi connectivity index (χ3n) is 2.34. The van der Waals surface area contributed by atoms with Gasteiger partial charge < -0.3 is 9.84 Å². The van der Waals surface area contributed by atoms with Gasteiger partial charge in [-0.3, -0.25) is 0 Å². The Morgan fingerprint density at radius 3 is 3.07 bits per heavy atom. The van der Waals surface area contributed by atoms with E-state index < -0.39 is 6.10 Å². The molecule has 0 saturated heterocycles. The third kappa shape index (κ3) is 1.66. The van der Waals surface area contributed by atoms with Gasteiger partial charge in [0.1, 0.15) is 5.75 Å². The summed E-state index contributed by atoms with van der Waals surface area (Å²) in [5, 5.41) is 9.88. The van der Waals surface area contributed by atoms with Crippen molar-refractivity contribution in [2.24, 2.45) is 0 Å². The van der Waals surface area contributed by atoms with E-state index in [1.807, 2.05) is 12.1 Å². The van der Waals surface area contributed by atoms with Crippen LogP contribution < -0.4 is 4.74 Å². The Labute approximate surface area is 95.8 Å². The van der Waals surface area contributed by atoms with Crippen molar-refractivity contribution in [2.75, 3.05) is 12.9 Å². The van der Waals surface area contributed by atoms with Gasteiger partial charge in [-0.25, -0.2) is 0 Å². The van der Waals surface area contributed by atoms with Crippen LogP contribution in [0, 0.1) is 0 Å². The molecule has 14 heavy (non-hydrogen) atoms. The van der Waals surface area contributed by atoms with Crippen LogP contribution >= 0.6 is 27.7 Å². The predicted octanol–water partition coefficient (Wildman–Crippen LogP) is 2.74. The van der Waals surface area contributed by atoms with Gasteiger partial charge in [0.25, 0.3) is 0 Å². The molecule has 0 aromatic heterocycles. The molecule has 1 aromatic carbocycles. The molecule has 1 heterocycles. The lowest BCUT2D eigenvalue weighted by molar-refractivity contribution is 0.196. The summed E-state index contributed by atoms with van der Waals surface area (Å²) in [4.78, 5) is 0. The maximum atomic E-state index is 9.88. The molecule has 1 aliphatic heterocycles. The van der Waals surface area contributed by atoms with Gasteiger partial charge in [0, 0.05) is 21.5 Å². The zero-order valence-corrected chi connectivity index (χ0v) is 10.2. The van der Waals surface area contributed by atoms with Gasteiger partial charge in [-0.15, -0.1) is 0 Å². The highest BCUT2D eigenvalue weighted by molar-refractivity contribution is 9.10. The lowest BCUT2D eigenvalue weighted by atomic mass is 10.0. The number of ether oxygens (including phenoxy) is 1. The summed E-state index contributed by atoms with van der Waals surface area (Å²) in [5.74, 6) is 2.47. The van der Waals surface area contributed by atoms with E-state index in [-0.39, 0.29) is 0 Å². The number of aliphatic hydroxyl groups is 1. The second kappa shape index (κ2) is 4.13. The first-order chi connectivity index (χ1) is 6.74. The van der Waals surface area contributed by atoms with E-state index in [4.69, 9.17) is 4.74 Å². The van der Waals surface area contributed by atoms with Crippen LogP contribution in [0.3, 0.4) is 0 Å². The smallest absolute Gasteiger partial charge is 0.125 e. The molecule has 0 aliphatic carbocycles. The predicted molar refractivity (Wildman–Crippen MR) is 61.8 cm³/mol. The van der Waals surface area contributed by atoms with Crippen LogP contribution in [0.15, 0.2) is 16.6 Å². The number of rotatable bonds is 1. The molecule has 76 valence electrons. The molecule has 0 amide bonds. The van der Waals surface area contributed by atoms with E-state index in [0.29, 0.717) is 0 Å². The largest absolute Gasteiger partial charge is 0.496 e. The highest BCUT2D eigenvalue weighted by Crippen LogP contribution is 2.40. The molecular weight excluding hydrogens is 264 g/mol. The number of hydrogen-bond acceptors (Lipinski definition) is 3. The summed E-state index contributed by atoms with van der Waals surface area (Å²) in [5.41, 5.74) is 2.11. The summed E-state index contributed by atoms with van der Waals surface area (Å²) in [7, 11) is 1.64. The first kappa shape index (κ1) is 10.3. The van der Waals surface area contributed by atoms with Crippen molar-refractivity contribution >= 4 is 27.7 Å². The van der Waals surface area contributed by atoms with Crippen molar-refractivity contribution < 1.29 is 9.84 Å². The van der Waals surface area contributed by atoms with Crippen molar-refractivity contribution in [3.05, 3.63) is 27.7 Å². The Morgan fingerprint density at radius 1 is 1.57 bits per heavy atom. The van der Waals surface area contributed by atoms with Crippen LogP contribution in [0.2, 0.25) is 0 Å². The summed E-state index contributed by atoms with van der Waals surface area (Å²) >= 11 is 5.24. The number of thioether (sulfide) groups is 1. The van der Waals surface area contributed by atoms with Gasteiger partial charge in [0.05, 0.1) is 13.2 Å². The minimum Gasteiger partial charge on any atom is -0.496 e. The minimum absolute atomic E-state index is 0.406. The maximum absolute atomic E-state index is 9.88. The van der Waals surface area contributed by atoms with Crippen molar-refractivity contribution in [3.8, 4) is 5.75 Å². The van der Waals surface area contributed by atoms with Crippen LogP contribution in [0.25, 0.3) is 0 Å². The van der Waals surface area contributed by atoms with Crippen molar-refractivity contribution in [3.63, 3.8) is 0 Å². The van der Waals surface area contributed by atoms with Crippen molar-refractivity contribution in [2.45, 2.75) is 11.9 Å². The van der Waals surface area contributed by atoms with Gasteiger partial charge in [-0.05, 0) is 17.7 Å². The fourth-order valence-corrected chi connectivity index (χ4v) is 3.36. The maximum Gasteiger partial charge on any atom is 0.125 e. The van der Waals surface area contributed by atoms with Gasteiger partial charge >= 0.3 is 0 Å². The van der Waals surface area contributed by atoms with E-state index in [0.717, 1.165) is 32.9 Å². The molecule has 0 fully saturated rings. The number of aliphatic hydroxyl groups excluding tert-OH is 1. The molecule has 1 atom stereocenters. The number of hydrogen-bond donors (Lipinski definition) is 1.